The van der Waals surface area contributed by atoms with Crippen molar-refractivity contribution in [3.8, 4) is 0 Å². The van der Waals surface area contributed by atoms with Crippen LogP contribution in [0.4, 0.5) is 5.69 Å². The van der Waals surface area contributed by atoms with Crippen LogP contribution in [0.1, 0.15) is 16.2 Å². The summed E-state index contributed by atoms with van der Waals surface area (Å²) < 4.78 is 10.8. The number of halogens is 2. The van der Waals surface area contributed by atoms with Crippen molar-refractivity contribution in [2.75, 3.05) is 12.4 Å². The molecule has 1 heterocycles. The Labute approximate surface area is 128 Å². The molecule has 0 fully saturated rings. The highest BCUT2D eigenvalue weighted by molar-refractivity contribution is 14.1. The van der Waals surface area contributed by atoms with Crippen LogP contribution >= 0.6 is 34.2 Å². The van der Waals surface area contributed by atoms with Gasteiger partial charge in [-0.1, -0.05) is 16.8 Å². The Morgan fingerprint density at radius 3 is 3.00 bits per heavy atom. The average Bonchev–Trinajstić information content (AvgIpc) is 2.82. The number of anilines is 1. The van der Waals surface area contributed by atoms with E-state index in [1.165, 1.54) is 13.2 Å². The summed E-state index contributed by atoms with van der Waals surface area (Å²) in [5.41, 5.74) is 0.713. The lowest BCUT2D eigenvalue weighted by Crippen LogP contribution is -2.12. The summed E-state index contributed by atoms with van der Waals surface area (Å²) >= 11 is 8.17. The van der Waals surface area contributed by atoms with Gasteiger partial charge in [0, 0.05) is 16.7 Å². The van der Waals surface area contributed by atoms with Gasteiger partial charge in [-0.05, 0) is 40.8 Å². The van der Waals surface area contributed by atoms with Crippen LogP contribution < -0.4 is 5.32 Å². The zero-order valence-corrected chi connectivity index (χ0v) is 12.9. The molecule has 0 unspecified atom stereocenters. The molecule has 0 radical (unpaired) electrons. The van der Waals surface area contributed by atoms with Gasteiger partial charge in [0.25, 0.3) is 5.91 Å². The number of benzene rings is 1. The van der Waals surface area contributed by atoms with Gasteiger partial charge in [0.15, 0.2) is 11.5 Å². The fraction of sp³-hybridized carbons (Fsp3) is 0.167. The van der Waals surface area contributed by atoms with Crippen LogP contribution in [0.2, 0.25) is 5.02 Å². The van der Waals surface area contributed by atoms with E-state index in [-0.39, 0.29) is 18.2 Å². The van der Waals surface area contributed by atoms with Gasteiger partial charge in [-0.3, -0.25) is 4.79 Å². The monoisotopic (exact) mass is 392 g/mol. The van der Waals surface area contributed by atoms with Crippen LogP contribution in [0.3, 0.4) is 0 Å². The highest BCUT2D eigenvalue weighted by Crippen LogP contribution is 2.24. The number of aromatic nitrogens is 1. The number of hydrogen-bond acceptors (Lipinski definition) is 4. The number of ether oxygens (including phenoxy) is 1. The lowest BCUT2D eigenvalue weighted by molar-refractivity contribution is 0.101. The molecular weight excluding hydrogens is 383 g/mol. The summed E-state index contributed by atoms with van der Waals surface area (Å²) in [7, 11) is 1.54. The largest absolute Gasteiger partial charge is 0.377 e. The van der Waals surface area contributed by atoms with Gasteiger partial charge >= 0.3 is 0 Å². The fourth-order valence-corrected chi connectivity index (χ4v) is 2.31. The van der Waals surface area contributed by atoms with Crippen molar-refractivity contribution in [1.29, 1.82) is 0 Å². The van der Waals surface area contributed by atoms with E-state index < -0.39 is 0 Å². The number of nitrogens with one attached hydrogen (secondary N) is 1. The maximum Gasteiger partial charge on any atom is 0.277 e. The molecule has 0 saturated heterocycles. The van der Waals surface area contributed by atoms with E-state index in [0.717, 1.165) is 3.57 Å². The predicted molar refractivity (Wildman–Crippen MR) is 79.3 cm³/mol. The standard InChI is InChI=1S/C12H10ClIN2O3/c1-18-6-8-5-11(16-19-8)12(17)15-10-3-2-7(14)4-9(10)13/h2-5H,6H2,1H3,(H,15,17). The number of carbonyl (C=O) groups is 1. The summed E-state index contributed by atoms with van der Waals surface area (Å²) in [4.78, 5) is 11.9. The van der Waals surface area contributed by atoms with E-state index in [9.17, 15) is 4.79 Å². The molecule has 5 nitrogen and oxygen atoms in total. The van der Waals surface area contributed by atoms with Gasteiger partial charge in [0.2, 0.25) is 0 Å². The Morgan fingerprint density at radius 1 is 1.53 bits per heavy atom. The Morgan fingerprint density at radius 2 is 2.32 bits per heavy atom. The fourth-order valence-electron chi connectivity index (χ4n) is 1.41. The van der Waals surface area contributed by atoms with E-state index in [4.69, 9.17) is 20.9 Å². The highest BCUT2D eigenvalue weighted by atomic mass is 127. The van der Waals surface area contributed by atoms with E-state index in [2.05, 4.69) is 33.1 Å². The molecular formula is C12H10ClIN2O3. The lowest BCUT2D eigenvalue weighted by atomic mass is 10.3. The molecule has 2 aromatic rings. The number of rotatable bonds is 4. The average molecular weight is 393 g/mol. The van der Waals surface area contributed by atoms with Gasteiger partial charge in [0.1, 0.15) is 6.61 Å². The highest BCUT2D eigenvalue weighted by Gasteiger charge is 2.14. The molecule has 100 valence electrons. The second kappa shape index (κ2) is 6.36. The van der Waals surface area contributed by atoms with Crippen molar-refractivity contribution in [2.24, 2.45) is 0 Å². The van der Waals surface area contributed by atoms with E-state index in [1.54, 1.807) is 12.1 Å². The quantitative estimate of drug-likeness (QED) is 0.811. The minimum Gasteiger partial charge on any atom is -0.377 e. The van der Waals surface area contributed by atoms with E-state index in [1.807, 2.05) is 6.07 Å². The minimum atomic E-state index is -0.380. The minimum absolute atomic E-state index is 0.182. The van der Waals surface area contributed by atoms with Gasteiger partial charge in [-0.2, -0.15) is 0 Å². The lowest BCUT2D eigenvalue weighted by Gasteiger charge is -2.05. The molecule has 0 saturated carbocycles. The molecule has 0 aliphatic heterocycles. The van der Waals surface area contributed by atoms with Crippen molar-refractivity contribution in [2.45, 2.75) is 6.61 Å². The predicted octanol–water partition coefficient (Wildman–Crippen LogP) is 3.33. The molecule has 1 aromatic heterocycles. The summed E-state index contributed by atoms with van der Waals surface area (Å²) in [6.45, 7) is 0.268. The molecule has 0 aliphatic carbocycles. The first-order valence-electron chi connectivity index (χ1n) is 5.31. The smallest absolute Gasteiger partial charge is 0.277 e. The van der Waals surface area contributed by atoms with Crippen LogP contribution in [-0.4, -0.2) is 18.2 Å². The Balaban J connectivity index is 2.11. The molecule has 2 rings (SSSR count). The van der Waals surface area contributed by atoms with Crippen LogP contribution in [-0.2, 0) is 11.3 Å². The van der Waals surface area contributed by atoms with Crippen molar-refractivity contribution in [3.63, 3.8) is 0 Å². The molecule has 0 bridgehead atoms. The SMILES string of the molecule is COCc1cc(C(=O)Nc2ccc(I)cc2Cl)no1. The zero-order valence-electron chi connectivity index (χ0n) is 9.94. The molecule has 0 spiro atoms. The summed E-state index contributed by atoms with van der Waals surface area (Å²) in [5, 5.41) is 6.81. The van der Waals surface area contributed by atoms with E-state index in [0.29, 0.717) is 16.5 Å². The Bertz CT molecular complexity index is 600. The molecule has 19 heavy (non-hydrogen) atoms. The number of methoxy groups -OCH3 is 1. The van der Waals surface area contributed by atoms with Crippen molar-refractivity contribution in [1.82, 2.24) is 5.16 Å². The second-order valence-corrected chi connectivity index (χ2v) is 5.34. The first kappa shape index (κ1) is 14.3. The van der Waals surface area contributed by atoms with Crippen LogP contribution in [0.25, 0.3) is 0 Å². The first-order chi connectivity index (χ1) is 9.10. The third-order valence-electron chi connectivity index (χ3n) is 2.26. The first-order valence-corrected chi connectivity index (χ1v) is 6.76. The number of hydrogen-bond donors (Lipinski definition) is 1. The van der Waals surface area contributed by atoms with Gasteiger partial charge in [-0.25, -0.2) is 0 Å². The van der Waals surface area contributed by atoms with Crippen LogP contribution in [0.15, 0.2) is 28.8 Å². The number of carbonyl (C=O) groups excluding carboxylic acids is 1. The zero-order chi connectivity index (χ0) is 13.8. The molecule has 0 aliphatic rings. The molecule has 1 amide bonds. The topological polar surface area (TPSA) is 64.4 Å². The Kier molecular flexibility index (Phi) is 4.78. The summed E-state index contributed by atoms with van der Waals surface area (Å²) in [5.74, 6) is 0.107. The van der Waals surface area contributed by atoms with Crippen LogP contribution in [0.5, 0.6) is 0 Å². The van der Waals surface area contributed by atoms with Gasteiger partial charge in [-0.15, -0.1) is 0 Å². The van der Waals surface area contributed by atoms with Crippen molar-refractivity contribution >= 4 is 45.8 Å². The van der Waals surface area contributed by atoms with Crippen LogP contribution in [0, 0.1) is 3.57 Å². The van der Waals surface area contributed by atoms with Crippen molar-refractivity contribution in [3.05, 3.63) is 44.3 Å². The molecule has 1 aromatic carbocycles. The maximum absolute atomic E-state index is 11.9. The second-order valence-electron chi connectivity index (χ2n) is 3.69. The summed E-state index contributed by atoms with van der Waals surface area (Å²) in [6.07, 6.45) is 0. The normalized spacial score (nSPS) is 10.5. The number of nitrogens with zero attached hydrogens (tertiary/aromatic N) is 1. The van der Waals surface area contributed by atoms with Crippen molar-refractivity contribution < 1.29 is 14.1 Å². The third kappa shape index (κ3) is 3.68. The van der Waals surface area contributed by atoms with Gasteiger partial charge in [0.05, 0.1) is 10.7 Å². The molecule has 1 N–H and O–H groups in total. The summed E-state index contributed by atoms with van der Waals surface area (Å²) in [6, 6.07) is 6.87. The molecule has 7 heteroatoms. The van der Waals surface area contributed by atoms with E-state index >= 15 is 0 Å². The maximum atomic E-state index is 11.9. The Hall–Kier alpha value is -1.12. The van der Waals surface area contributed by atoms with Gasteiger partial charge < -0.3 is 14.6 Å². The molecule has 0 atom stereocenters. The third-order valence-corrected chi connectivity index (χ3v) is 3.24. The number of amides is 1.